The van der Waals surface area contributed by atoms with Gasteiger partial charge in [0.15, 0.2) is 0 Å². The number of fused-ring (bicyclic) bond motifs is 1. The van der Waals surface area contributed by atoms with Gasteiger partial charge in [-0.1, -0.05) is 23.4 Å². The lowest BCUT2D eigenvalue weighted by molar-refractivity contribution is -0.384. The van der Waals surface area contributed by atoms with Crippen LogP contribution in [-0.4, -0.2) is 47.2 Å². The zero-order valence-electron chi connectivity index (χ0n) is 17.5. The maximum atomic E-state index is 12.6. The van der Waals surface area contributed by atoms with Crippen LogP contribution in [0.25, 0.3) is 5.69 Å². The fourth-order valence-corrected chi connectivity index (χ4v) is 3.81. The number of carbonyl (C=O) groups excluding carboxylic acids is 1. The molecule has 0 saturated carbocycles. The van der Waals surface area contributed by atoms with Gasteiger partial charge in [-0.25, -0.2) is 9.48 Å². The summed E-state index contributed by atoms with van der Waals surface area (Å²) >= 11 is 0. The molecule has 4 aromatic rings. The SMILES string of the molecule is O=C(Nc1ccccc1)N1CCc2c(cnn2Cc2cn(-c3ccc([N+](=O)[O-])cc3)nn2)C1. The first-order valence-corrected chi connectivity index (χ1v) is 10.4. The van der Waals surface area contributed by atoms with Crippen molar-refractivity contribution in [3.63, 3.8) is 0 Å². The summed E-state index contributed by atoms with van der Waals surface area (Å²) in [6.07, 6.45) is 4.25. The number of nitrogens with zero attached hydrogens (tertiary/aromatic N) is 7. The zero-order valence-corrected chi connectivity index (χ0v) is 17.5. The molecule has 0 unspecified atom stereocenters. The van der Waals surface area contributed by atoms with Crippen molar-refractivity contribution in [2.75, 3.05) is 11.9 Å². The number of hydrogen-bond donors (Lipinski definition) is 1. The molecule has 1 aliphatic rings. The number of para-hydroxylation sites is 1. The highest BCUT2D eigenvalue weighted by Gasteiger charge is 2.24. The normalized spacial score (nSPS) is 12.9. The van der Waals surface area contributed by atoms with Gasteiger partial charge in [-0.2, -0.15) is 5.10 Å². The number of nitro benzene ring substituents is 1. The van der Waals surface area contributed by atoms with Crippen LogP contribution in [0.5, 0.6) is 0 Å². The van der Waals surface area contributed by atoms with E-state index < -0.39 is 4.92 Å². The van der Waals surface area contributed by atoms with Crippen LogP contribution in [0.2, 0.25) is 0 Å². The van der Waals surface area contributed by atoms with Crippen molar-refractivity contribution in [1.82, 2.24) is 29.7 Å². The van der Waals surface area contributed by atoms with Crippen molar-refractivity contribution in [2.45, 2.75) is 19.5 Å². The van der Waals surface area contributed by atoms with Crippen molar-refractivity contribution in [1.29, 1.82) is 0 Å². The molecule has 0 atom stereocenters. The molecule has 166 valence electrons. The Hall–Kier alpha value is -4.54. The van der Waals surface area contributed by atoms with Gasteiger partial charge in [0.2, 0.25) is 0 Å². The van der Waals surface area contributed by atoms with Gasteiger partial charge in [0.25, 0.3) is 5.69 Å². The third-order valence-corrected chi connectivity index (χ3v) is 5.50. The van der Waals surface area contributed by atoms with Gasteiger partial charge < -0.3 is 10.2 Å². The molecule has 2 aromatic heterocycles. The van der Waals surface area contributed by atoms with Gasteiger partial charge in [-0.15, -0.1) is 5.10 Å². The Labute approximate surface area is 188 Å². The molecule has 0 bridgehead atoms. The number of carbonyl (C=O) groups is 1. The summed E-state index contributed by atoms with van der Waals surface area (Å²) in [6.45, 7) is 1.52. The molecular weight excluding hydrogens is 424 g/mol. The second-order valence-corrected chi connectivity index (χ2v) is 7.67. The van der Waals surface area contributed by atoms with Gasteiger partial charge in [0.05, 0.1) is 36.1 Å². The van der Waals surface area contributed by atoms with E-state index in [1.54, 1.807) is 34.1 Å². The molecule has 3 heterocycles. The zero-order chi connectivity index (χ0) is 22.8. The molecule has 1 N–H and O–H groups in total. The second kappa shape index (κ2) is 8.54. The summed E-state index contributed by atoms with van der Waals surface area (Å²) in [5.41, 5.74) is 4.26. The second-order valence-electron chi connectivity index (χ2n) is 7.67. The van der Waals surface area contributed by atoms with E-state index in [-0.39, 0.29) is 11.7 Å². The molecule has 0 fully saturated rings. The Balaban J connectivity index is 1.25. The highest BCUT2D eigenvalue weighted by atomic mass is 16.6. The molecule has 11 heteroatoms. The lowest BCUT2D eigenvalue weighted by atomic mass is 10.1. The Morgan fingerprint density at radius 1 is 1.12 bits per heavy atom. The fraction of sp³-hybridized carbons (Fsp3) is 0.182. The van der Waals surface area contributed by atoms with Crippen LogP contribution >= 0.6 is 0 Å². The first-order chi connectivity index (χ1) is 16.1. The van der Waals surface area contributed by atoms with E-state index >= 15 is 0 Å². The summed E-state index contributed by atoms with van der Waals surface area (Å²) in [5, 5.41) is 26.6. The number of urea groups is 1. The number of hydrogen-bond acceptors (Lipinski definition) is 6. The Morgan fingerprint density at radius 2 is 1.91 bits per heavy atom. The van der Waals surface area contributed by atoms with Gasteiger partial charge in [0.1, 0.15) is 5.69 Å². The predicted molar refractivity (Wildman–Crippen MR) is 119 cm³/mol. The molecule has 1 aliphatic heterocycles. The molecule has 0 spiro atoms. The number of nitro groups is 1. The number of rotatable bonds is 5. The third kappa shape index (κ3) is 4.28. The molecule has 2 amide bonds. The van der Waals surface area contributed by atoms with Crippen LogP contribution in [0.4, 0.5) is 16.2 Å². The molecule has 0 radical (unpaired) electrons. The van der Waals surface area contributed by atoms with Crippen molar-refractivity contribution in [2.24, 2.45) is 0 Å². The number of anilines is 1. The summed E-state index contributed by atoms with van der Waals surface area (Å²) in [5.74, 6) is 0. The summed E-state index contributed by atoms with van der Waals surface area (Å²) in [4.78, 5) is 24.8. The van der Waals surface area contributed by atoms with Crippen molar-refractivity contribution < 1.29 is 9.72 Å². The molecule has 11 nitrogen and oxygen atoms in total. The number of amides is 2. The topological polar surface area (TPSA) is 124 Å². The minimum Gasteiger partial charge on any atom is -0.320 e. The monoisotopic (exact) mass is 444 g/mol. The Bertz CT molecular complexity index is 1300. The number of aromatic nitrogens is 5. The molecular formula is C22H20N8O3. The molecule has 5 rings (SSSR count). The van der Waals surface area contributed by atoms with Crippen LogP contribution in [0.1, 0.15) is 17.0 Å². The maximum Gasteiger partial charge on any atom is 0.322 e. The lowest BCUT2D eigenvalue weighted by Crippen LogP contribution is -2.39. The van der Waals surface area contributed by atoms with Gasteiger partial charge in [-0.3, -0.25) is 14.8 Å². The summed E-state index contributed by atoms with van der Waals surface area (Å²) in [6, 6.07) is 15.4. The van der Waals surface area contributed by atoms with Crippen molar-refractivity contribution in [3.8, 4) is 5.69 Å². The highest BCUT2D eigenvalue weighted by Crippen LogP contribution is 2.21. The quantitative estimate of drug-likeness (QED) is 0.373. The Morgan fingerprint density at radius 3 is 2.67 bits per heavy atom. The predicted octanol–water partition coefficient (Wildman–Crippen LogP) is 3.01. The van der Waals surface area contributed by atoms with Crippen LogP contribution in [-0.2, 0) is 19.5 Å². The third-order valence-electron chi connectivity index (χ3n) is 5.50. The summed E-state index contributed by atoms with van der Waals surface area (Å²) < 4.78 is 3.45. The largest absolute Gasteiger partial charge is 0.322 e. The van der Waals surface area contributed by atoms with E-state index in [9.17, 15) is 14.9 Å². The van der Waals surface area contributed by atoms with Gasteiger partial charge >= 0.3 is 6.03 Å². The Kier molecular flexibility index (Phi) is 5.27. The van der Waals surface area contributed by atoms with Crippen molar-refractivity contribution in [3.05, 3.63) is 94.1 Å². The van der Waals surface area contributed by atoms with Crippen LogP contribution in [0.3, 0.4) is 0 Å². The van der Waals surface area contributed by atoms with Crippen molar-refractivity contribution >= 4 is 17.4 Å². The summed E-state index contributed by atoms with van der Waals surface area (Å²) in [7, 11) is 0. The number of nitrogens with one attached hydrogen (secondary N) is 1. The average molecular weight is 444 g/mol. The number of non-ortho nitro benzene ring substituents is 1. The van der Waals surface area contributed by atoms with E-state index in [1.807, 2.05) is 35.0 Å². The first kappa shape index (κ1) is 20.4. The van der Waals surface area contributed by atoms with E-state index in [1.165, 1.54) is 12.1 Å². The smallest absolute Gasteiger partial charge is 0.320 e. The van der Waals surface area contributed by atoms with E-state index in [0.29, 0.717) is 37.4 Å². The van der Waals surface area contributed by atoms with Crippen LogP contribution < -0.4 is 5.32 Å². The van der Waals surface area contributed by atoms with Gasteiger partial charge in [0, 0.05) is 42.0 Å². The van der Waals surface area contributed by atoms with E-state index in [0.717, 1.165) is 16.9 Å². The number of benzene rings is 2. The fourth-order valence-electron chi connectivity index (χ4n) is 3.81. The maximum absolute atomic E-state index is 12.6. The minimum absolute atomic E-state index is 0.0220. The molecule has 0 saturated heterocycles. The molecule has 2 aromatic carbocycles. The lowest BCUT2D eigenvalue weighted by Gasteiger charge is -2.27. The molecule has 33 heavy (non-hydrogen) atoms. The first-order valence-electron chi connectivity index (χ1n) is 10.4. The minimum atomic E-state index is -0.441. The van der Waals surface area contributed by atoms with E-state index in [4.69, 9.17) is 0 Å². The molecule has 0 aliphatic carbocycles. The standard InChI is InChI=1S/C22H20N8O3/c31-22(24-17-4-2-1-3-5-17)27-11-10-21-16(13-27)12-23-29(21)15-18-14-28(26-25-18)19-6-8-20(9-7-19)30(32)33/h1-9,12,14H,10-11,13,15H2,(H,24,31). The van der Waals surface area contributed by atoms with Crippen LogP contribution in [0, 0.1) is 10.1 Å². The highest BCUT2D eigenvalue weighted by molar-refractivity contribution is 5.89. The average Bonchev–Trinajstić information content (AvgIpc) is 3.47. The van der Waals surface area contributed by atoms with E-state index in [2.05, 4.69) is 20.7 Å². The van der Waals surface area contributed by atoms with Gasteiger partial charge in [-0.05, 0) is 24.3 Å². The van der Waals surface area contributed by atoms with Crippen LogP contribution in [0.15, 0.2) is 67.0 Å².